The molecule has 3 unspecified atom stereocenters. The maximum absolute atomic E-state index is 11.1. The summed E-state index contributed by atoms with van der Waals surface area (Å²) in [7, 11) is 0. The van der Waals surface area contributed by atoms with Gasteiger partial charge >= 0.3 is 5.97 Å². The van der Waals surface area contributed by atoms with E-state index in [9.17, 15) is 14.7 Å². The molecule has 0 bridgehead atoms. The maximum Gasteiger partial charge on any atom is 0.327 e. The number of carbonyl (C=O) groups is 2. The zero-order valence-electron chi connectivity index (χ0n) is 11.4. The van der Waals surface area contributed by atoms with Crippen LogP contribution in [0.5, 0.6) is 0 Å². The van der Waals surface area contributed by atoms with Crippen molar-refractivity contribution in [1.29, 1.82) is 0 Å². The van der Waals surface area contributed by atoms with Gasteiger partial charge in [0.2, 0.25) is 5.91 Å². The Morgan fingerprint density at radius 2 is 2.24 bits per heavy atom. The minimum Gasteiger partial charge on any atom is -0.480 e. The second kappa shape index (κ2) is 6.68. The van der Waals surface area contributed by atoms with Crippen molar-refractivity contribution in [2.45, 2.75) is 30.7 Å². The number of thioether (sulfide) groups is 1. The summed E-state index contributed by atoms with van der Waals surface area (Å²) in [5.74, 6) is -1.26. The first-order chi connectivity index (χ1) is 9.88. The molecule has 1 aliphatic carbocycles. The lowest BCUT2D eigenvalue weighted by molar-refractivity contribution is -0.140. The second-order valence-corrected chi connectivity index (χ2v) is 6.66. The zero-order chi connectivity index (χ0) is 15.6. The van der Waals surface area contributed by atoms with Crippen LogP contribution in [0.4, 0.5) is 0 Å². The van der Waals surface area contributed by atoms with Crippen LogP contribution in [0, 0.1) is 0 Å². The van der Waals surface area contributed by atoms with E-state index in [-0.39, 0.29) is 16.9 Å². The molecule has 0 aliphatic heterocycles. The summed E-state index contributed by atoms with van der Waals surface area (Å²) in [5.41, 5.74) is 1.82. The molecule has 2 rings (SSSR count). The van der Waals surface area contributed by atoms with Crippen molar-refractivity contribution >= 4 is 35.2 Å². The number of carboxylic acid groups (broad SMARTS) is 1. The van der Waals surface area contributed by atoms with Gasteiger partial charge in [-0.15, -0.1) is 0 Å². The molecule has 0 radical (unpaired) electrons. The molecule has 1 aliphatic rings. The average molecular weight is 330 g/mol. The van der Waals surface area contributed by atoms with Crippen molar-refractivity contribution in [2.24, 2.45) is 0 Å². The van der Waals surface area contributed by atoms with Crippen LogP contribution in [0.15, 0.2) is 18.2 Å². The number of carbonyl (C=O) groups excluding carboxylic acids is 1. The highest BCUT2D eigenvalue weighted by molar-refractivity contribution is 8.00. The fourth-order valence-electron chi connectivity index (χ4n) is 2.36. The van der Waals surface area contributed by atoms with Gasteiger partial charge in [-0.1, -0.05) is 17.7 Å². The molecular weight excluding hydrogens is 314 g/mol. The van der Waals surface area contributed by atoms with Gasteiger partial charge in [-0.05, 0) is 29.7 Å². The second-order valence-electron chi connectivity index (χ2n) is 4.96. The lowest BCUT2D eigenvalue weighted by Crippen LogP contribution is -2.42. The van der Waals surface area contributed by atoms with Gasteiger partial charge in [0.05, 0.1) is 6.10 Å². The van der Waals surface area contributed by atoms with Crippen molar-refractivity contribution in [3.63, 3.8) is 0 Å². The Hall–Kier alpha value is -1.24. The molecule has 1 amide bonds. The third-order valence-electron chi connectivity index (χ3n) is 3.35. The Balaban J connectivity index is 1.99. The minimum absolute atomic E-state index is 0.130. The molecule has 3 atom stereocenters. The smallest absolute Gasteiger partial charge is 0.327 e. The lowest BCUT2D eigenvalue weighted by atomic mass is 10.1. The average Bonchev–Trinajstić information content (AvgIpc) is 2.70. The van der Waals surface area contributed by atoms with Gasteiger partial charge in [0.15, 0.2) is 0 Å². The Morgan fingerprint density at radius 1 is 1.52 bits per heavy atom. The number of benzene rings is 1. The third-order valence-corrected chi connectivity index (χ3v) is 4.96. The van der Waals surface area contributed by atoms with Crippen LogP contribution in [0.2, 0.25) is 5.02 Å². The van der Waals surface area contributed by atoms with Crippen LogP contribution in [-0.4, -0.2) is 39.1 Å². The van der Waals surface area contributed by atoms with Crippen molar-refractivity contribution in [2.75, 3.05) is 5.75 Å². The largest absolute Gasteiger partial charge is 0.480 e. The van der Waals surface area contributed by atoms with E-state index in [1.54, 1.807) is 12.1 Å². The van der Waals surface area contributed by atoms with E-state index in [1.165, 1.54) is 18.7 Å². The summed E-state index contributed by atoms with van der Waals surface area (Å²) in [6, 6.07) is 4.40. The quantitative estimate of drug-likeness (QED) is 0.764. The first kappa shape index (κ1) is 16.1. The Kier molecular flexibility index (Phi) is 5.13. The normalized spacial score (nSPS) is 21.7. The van der Waals surface area contributed by atoms with Gasteiger partial charge in [0.25, 0.3) is 0 Å². The first-order valence-electron chi connectivity index (χ1n) is 6.46. The van der Waals surface area contributed by atoms with Gasteiger partial charge in [-0.25, -0.2) is 4.79 Å². The number of hydrogen-bond acceptors (Lipinski definition) is 4. The van der Waals surface area contributed by atoms with Crippen LogP contribution in [-0.2, 0) is 16.0 Å². The fourth-order valence-corrected chi connectivity index (χ4v) is 3.84. The summed E-state index contributed by atoms with van der Waals surface area (Å²) >= 11 is 7.28. The van der Waals surface area contributed by atoms with E-state index in [2.05, 4.69) is 5.32 Å². The van der Waals surface area contributed by atoms with Crippen molar-refractivity contribution in [1.82, 2.24) is 5.32 Å². The maximum atomic E-state index is 11.1. The number of hydrogen-bond donors (Lipinski definition) is 3. The minimum atomic E-state index is -1.08. The molecule has 7 heteroatoms. The van der Waals surface area contributed by atoms with Gasteiger partial charge in [-0.3, -0.25) is 4.79 Å². The number of aliphatic hydroxyl groups excluding tert-OH is 1. The number of carboxylic acids is 1. The molecule has 5 nitrogen and oxygen atoms in total. The summed E-state index contributed by atoms with van der Waals surface area (Å²) in [4.78, 5) is 22.1. The highest BCUT2D eigenvalue weighted by Crippen LogP contribution is 2.39. The SMILES string of the molecule is CC(=O)NC(CSC1Cc2cc(Cl)ccc2C1O)C(=O)O. The van der Waals surface area contributed by atoms with Crippen LogP contribution in [0.25, 0.3) is 0 Å². The number of halogens is 1. The molecule has 0 saturated heterocycles. The van der Waals surface area contributed by atoms with Crippen molar-refractivity contribution in [3.8, 4) is 0 Å². The topological polar surface area (TPSA) is 86.6 Å². The summed E-state index contributed by atoms with van der Waals surface area (Å²) < 4.78 is 0. The van der Waals surface area contributed by atoms with Gasteiger partial charge in [0, 0.05) is 22.9 Å². The number of rotatable bonds is 5. The van der Waals surface area contributed by atoms with Gasteiger partial charge in [-0.2, -0.15) is 11.8 Å². The van der Waals surface area contributed by atoms with Gasteiger partial charge in [0.1, 0.15) is 6.04 Å². The number of fused-ring (bicyclic) bond motifs is 1. The van der Waals surface area contributed by atoms with E-state index in [1.807, 2.05) is 6.07 Å². The highest BCUT2D eigenvalue weighted by Gasteiger charge is 2.32. The molecule has 1 aromatic carbocycles. The van der Waals surface area contributed by atoms with E-state index < -0.39 is 18.1 Å². The summed E-state index contributed by atoms with van der Waals surface area (Å²) in [6.45, 7) is 1.28. The highest BCUT2D eigenvalue weighted by atomic mass is 35.5. The van der Waals surface area contributed by atoms with E-state index in [0.29, 0.717) is 11.4 Å². The number of nitrogens with one attached hydrogen (secondary N) is 1. The number of aliphatic carboxylic acids is 1. The van der Waals surface area contributed by atoms with Crippen LogP contribution in [0.3, 0.4) is 0 Å². The fraction of sp³-hybridized carbons (Fsp3) is 0.429. The predicted molar refractivity (Wildman–Crippen MR) is 81.6 cm³/mol. The van der Waals surface area contributed by atoms with Crippen LogP contribution in [0.1, 0.15) is 24.2 Å². The van der Waals surface area contributed by atoms with Crippen molar-refractivity contribution < 1.29 is 19.8 Å². The first-order valence-corrected chi connectivity index (χ1v) is 7.89. The Labute approximate surface area is 131 Å². The Bertz CT molecular complexity index is 566. The van der Waals surface area contributed by atoms with Crippen molar-refractivity contribution in [3.05, 3.63) is 34.3 Å². The molecule has 0 spiro atoms. The monoisotopic (exact) mass is 329 g/mol. The molecule has 3 N–H and O–H groups in total. The molecular formula is C14H16ClNO4S. The molecule has 0 aromatic heterocycles. The predicted octanol–water partition coefficient (Wildman–Crippen LogP) is 1.62. The molecule has 0 saturated carbocycles. The lowest BCUT2D eigenvalue weighted by Gasteiger charge is -2.18. The molecule has 21 heavy (non-hydrogen) atoms. The molecule has 114 valence electrons. The zero-order valence-corrected chi connectivity index (χ0v) is 12.9. The van der Waals surface area contributed by atoms with Crippen LogP contribution >= 0.6 is 23.4 Å². The Morgan fingerprint density at radius 3 is 2.86 bits per heavy atom. The molecule has 0 heterocycles. The number of amides is 1. The molecule has 1 aromatic rings. The van der Waals surface area contributed by atoms with Crippen LogP contribution < -0.4 is 5.32 Å². The van der Waals surface area contributed by atoms with E-state index >= 15 is 0 Å². The third kappa shape index (κ3) is 3.90. The van der Waals surface area contributed by atoms with Gasteiger partial charge < -0.3 is 15.5 Å². The summed E-state index contributed by atoms with van der Waals surface area (Å²) in [6.07, 6.45) is -0.0113. The summed E-state index contributed by atoms with van der Waals surface area (Å²) in [5, 5.41) is 22.2. The molecule has 0 fully saturated rings. The van der Waals surface area contributed by atoms with E-state index in [0.717, 1.165) is 11.1 Å². The van der Waals surface area contributed by atoms with E-state index in [4.69, 9.17) is 16.7 Å². The number of aliphatic hydroxyl groups is 1. The standard InChI is InChI=1S/C14H16ClNO4S/c1-7(17)16-11(14(19)20)6-21-12-5-8-4-9(15)2-3-10(8)13(12)18/h2-4,11-13,18H,5-6H2,1H3,(H,16,17)(H,19,20).